The van der Waals surface area contributed by atoms with E-state index in [1.165, 1.54) is 0 Å². The van der Waals surface area contributed by atoms with Crippen molar-refractivity contribution in [2.45, 2.75) is 20.4 Å². The van der Waals surface area contributed by atoms with Gasteiger partial charge in [-0.05, 0) is 13.8 Å². The Hall–Kier alpha value is -1.53. The number of aryl methyl sites for hydroxylation is 2. The lowest BCUT2D eigenvalue weighted by molar-refractivity contribution is 0.138. The Morgan fingerprint density at radius 1 is 1.24 bits per heavy atom. The average molecular weight is 236 g/mol. The molecule has 0 bridgehead atoms. The minimum Gasteiger partial charge on any atom is -0.396 e. The molecule has 0 saturated heterocycles. The maximum Gasteiger partial charge on any atom is 0.163 e. The van der Waals surface area contributed by atoms with Crippen molar-refractivity contribution < 1.29 is 10.2 Å². The van der Waals surface area contributed by atoms with Gasteiger partial charge in [0.1, 0.15) is 11.3 Å². The van der Waals surface area contributed by atoms with Gasteiger partial charge in [-0.1, -0.05) is 0 Å². The monoisotopic (exact) mass is 236 g/mol. The normalized spacial score (nSPS) is 11.6. The largest absolute Gasteiger partial charge is 0.396 e. The average Bonchev–Trinajstić information content (AvgIpc) is 2.69. The number of fused-ring (bicyclic) bond motifs is 1. The van der Waals surface area contributed by atoms with Crippen LogP contribution in [0.25, 0.3) is 11.2 Å². The Labute approximate surface area is 99.0 Å². The number of rotatable bonds is 4. The molecule has 0 aromatic carbocycles. The van der Waals surface area contributed by atoms with Crippen molar-refractivity contribution in [3.63, 3.8) is 0 Å². The molecule has 0 unspecified atom stereocenters. The number of aliphatic hydroxyl groups is 2. The van der Waals surface area contributed by atoms with Crippen molar-refractivity contribution in [3.8, 4) is 0 Å². The van der Waals surface area contributed by atoms with E-state index in [2.05, 4.69) is 15.0 Å². The summed E-state index contributed by atoms with van der Waals surface area (Å²) in [5.74, 6) is 0.504. The lowest BCUT2D eigenvalue weighted by Gasteiger charge is -2.11. The molecule has 0 aliphatic heterocycles. The van der Waals surface area contributed by atoms with Crippen molar-refractivity contribution >= 4 is 11.2 Å². The van der Waals surface area contributed by atoms with Crippen LogP contribution in [-0.2, 0) is 6.54 Å². The minimum absolute atomic E-state index is 0.0563. The minimum atomic E-state index is -0.192. The first-order chi connectivity index (χ1) is 8.15. The smallest absolute Gasteiger partial charge is 0.163 e. The maximum absolute atomic E-state index is 9.08. The summed E-state index contributed by atoms with van der Waals surface area (Å²) in [6.07, 6.45) is 1.67. The van der Waals surface area contributed by atoms with Gasteiger partial charge < -0.3 is 14.8 Å². The first-order valence-electron chi connectivity index (χ1n) is 5.53. The van der Waals surface area contributed by atoms with Gasteiger partial charge in [0.25, 0.3) is 0 Å². The topological polar surface area (TPSA) is 84.1 Å². The van der Waals surface area contributed by atoms with Gasteiger partial charge in [0.2, 0.25) is 0 Å². The van der Waals surface area contributed by atoms with E-state index in [9.17, 15) is 0 Å². The zero-order chi connectivity index (χ0) is 12.4. The van der Waals surface area contributed by atoms with E-state index >= 15 is 0 Å². The standard InChI is InChI=1S/C11H16N4O2/c1-7-10-11(14-8(2)13-7)15(6-12-10)3-9(4-16)5-17/h6,9,16-17H,3-5H2,1-2H3. The van der Waals surface area contributed by atoms with Gasteiger partial charge in [0.05, 0.1) is 12.0 Å². The molecule has 0 saturated carbocycles. The van der Waals surface area contributed by atoms with Crippen LogP contribution in [-0.4, -0.2) is 42.9 Å². The van der Waals surface area contributed by atoms with Gasteiger partial charge >= 0.3 is 0 Å². The van der Waals surface area contributed by atoms with Crippen molar-refractivity contribution in [2.24, 2.45) is 5.92 Å². The molecule has 92 valence electrons. The SMILES string of the molecule is Cc1nc(C)c2ncn(CC(CO)CO)c2n1. The van der Waals surface area contributed by atoms with Crippen molar-refractivity contribution in [2.75, 3.05) is 13.2 Å². The summed E-state index contributed by atoms with van der Waals surface area (Å²) in [5.41, 5.74) is 2.36. The summed E-state index contributed by atoms with van der Waals surface area (Å²) in [5, 5.41) is 18.2. The van der Waals surface area contributed by atoms with E-state index < -0.39 is 0 Å². The molecular formula is C11H16N4O2. The number of hydrogen-bond acceptors (Lipinski definition) is 5. The molecule has 0 aliphatic carbocycles. The summed E-state index contributed by atoms with van der Waals surface area (Å²) in [7, 11) is 0. The van der Waals surface area contributed by atoms with Crippen LogP contribution in [0.5, 0.6) is 0 Å². The zero-order valence-corrected chi connectivity index (χ0v) is 9.96. The summed E-state index contributed by atoms with van der Waals surface area (Å²) >= 11 is 0. The molecule has 0 fully saturated rings. The lowest BCUT2D eigenvalue weighted by atomic mass is 10.2. The highest BCUT2D eigenvalue weighted by Crippen LogP contribution is 2.14. The molecule has 6 heteroatoms. The number of nitrogens with zero attached hydrogens (tertiary/aromatic N) is 4. The second-order valence-electron chi connectivity index (χ2n) is 4.16. The summed E-state index contributed by atoms with van der Waals surface area (Å²) in [4.78, 5) is 12.8. The van der Waals surface area contributed by atoms with Crippen LogP contribution >= 0.6 is 0 Å². The molecule has 6 nitrogen and oxygen atoms in total. The number of imidazole rings is 1. The van der Waals surface area contributed by atoms with E-state index in [1.54, 1.807) is 6.33 Å². The Bertz CT molecular complexity index is 519. The first kappa shape index (κ1) is 11.9. The molecule has 2 rings (SSSR count). The fraction of sp³-hybridized carbons (Fsp3) is 0.545. The van der Waals surface area contributed by atoms with E-state index in [1.807, 2.05) is 18.4 Å². The number of aromatic nitrogens is 4. The predicted octanol–water partition coefficient (Wildman–Crippen LogP) is 0.0439. The van der Waals surface area contributed by atoms with Crippen LogP contribution in [0.3, 0.4) is 0 Å². The highest BCUT2D eigenvalue weighted by atomic mass is 16.3. The molecule has 0 atom stereocenters. The Balaban J connectivity index is 2.42. The molecule has 2 N–H and O–H groups in total. The highest BCUT2D eigenvalue weighted by molar-refractivity contribution is 5.73. The summed E-state index contributed by atoms with van der Waals surface area (Å²) in [6.45, 7) is 4.11. The number of aliphatic hydroxyl groups excluding tert-OH is 2. The fourth-order valence-corrected chi connectivity index (χ4v) is 1.81. The molecule has 17 heavy (non-hydrogen) atoms. The van der Waals surface area contributed by atoms with Crippen molar-refractivity contribution in [1.82, 2.24) is 19.5 Å². The Morgan fingerprint density at radius 3 is 2.59 bits per heavy atom. The van der Waals surface area contributed by atoms with Gasteiger partial charge in [-0.3, -0.25) is 0 Å². The van der Waals surface area contributed by atoms with Gasteiger partial charge in [-0.15, -0.1) is 0 Å². The second kappa shape index (κ2) is 4.77. The van der Waals surface area contributed by atoms with E-state index in [-0.39, 0.29) is 19.1 Å². The Kier molecular flexibility index (Phi) is 3.35. The van der Waals surface area contributed by atoms with Crippen LogP contribution in [0.2, 0.25) is 0 Å². The molecule has 0 radical (unpaired) electrons. The first-order valence-corrected chi connectivity index (χ1v) is 5.53. The van der Waals surface area contributed by atoms with E-state index in [0.29, 0.717) is 12.4 Å². The number of hydrogen-bond donors (Lipinski definition) is 2. The molecular weight excluding hydrogens is 220 g/mol. The van der Waals surface area contributed by atoms with Crippen LogP contribution < -0.4 is 0 Å². The van der Waals surface area contributed by atoms with Crippen LogP contribution in [0.15, 0.2) is 6.33 Å². The summed E-state index contributed by atoms with van der Waals surface area (Å²) < 4.78 is 1.84. The molecule has 0 aliphatic rings. The van der Waals surface area contributed by atoms with Crippen molar-refractivity contribution in [3.05, 3.63) is 17.8 Å². The maximum atomic E-state index is 9.08. The summed E-state index contributed by atoms with van der Waals surface area (Å²) in [6, 6.07) is 0. The lowest BCUT2D eigenvalue weighted by Crippen LogP contribution is -2.18. The third-order valence-electron chi connectivity index (χ3n) is 2.72. The van der Waals surface area contributed by atoms with Gasteiger partial charge in [-0.2, -0.15) is 0 Å². The molecule has 2 heterocycles. The van der Waals surface area contributed by atoms with Gasteiger partial charge in [-0.25, -0.2) is 15.0 Å². The van der Waals surface area contributed by atoms with Gasteiger partial charge in [0.15, 0.2) is 5.65 Å². The van der Waals surface area contributed by atoms with E-state index in [0.717, 1.165) is 16.9 Å². The highest BCUT2D eigenvalue weighted by Gasteiger charge is 2.12. The van der Waals surface area contributed by atoms with Crippen LogP contribution in [0.1, 0.15) is 11.5 Å². The van der Waals surface area contributed by atoms with Gasteiger partial charge in [0, 0.05) is 25.7 Å². The molecule has 0 amide bonds. The fourth-order valence-electron chi connectivity index (χ4n) is 1.81. The van der Waals surface area contributed by atoms with Crippen LogP contribution in [0, 0.1) is 19.8 Å². The zero-order valence-electron chi connectivity index (χ0n) is 9.96. The van der Waals surface area contributed by atoms with Crippen LogP contribution in [0.4, 0.5) is 0 Å². The molecule has 2 aromatic rings. The third kappa shape index (κ3) is 2.27. The Morgan fingerprint density at radius 2 is 1.94 bits per heavy atom. The predicted molar refractivity (Wildman–Crippen MR) is 62.5 cm³/mol. The quantitative estimate of drug-likeness (QED) is 0.783. The second-order valence-corrected chi connectivity index (χ2v) is 4.16. The molecule has 2 aromatic heterocycles. The van der Waals surface area contributed by atoms with Crippen molar-refractivity contribution in [1.29, 1.82) is 0 Å². The third-order valence-corrected chi connectivity index (χ3v) is 2.72. The van der Waals surface area contributed by atoms with E-state index in [4.69, 9.17) is 10.2 Å². The molecule has 0 spiro atoms.